The van der Waals surface area contributed by atoms with E-state index in [1.54, 1.807) is 0 Å². The van der Waals surface area contributed by atoms with Gasteiger partial charge in [-0.25, -0.2) is 9.18 Å². The van der Waals surface area contributed by atoms with Crippen molar-refractivity contribution >= 4 is 11.7 Å². The van der Waals surface area contributed by atoms with Crippen LogP contribution in [0.2, 0.25) is 0 Å². The lowest BCUT2D eigenvalue weighted by Crippen LogP contribution is -2.28. The summed E-state index contributed by atoms with van der Waals surface area (Å²) in [5.74, 6) is -2.29. The molecule has 0 aliphatic heterocycles. The number of aliphatic hydroxyl groups is 2. The number of aliphatic hydroxyl groups excluding tert-OH is 2. The Morgan fingerprint density at radius 3 is 2.50 bits per heavy atom. The van der Waals surface area contributed by atoms with Gasteiger partial charge in [-0.3, -0.25) is 0 Å². The summed E-state index contributed by atoms with van der Waals surface area (Å²) in [5.41, 5.74) is 5.85. The van der Waals surface area contributed by atoms with Crippen LogP contribution in [0.15, 0.2) is 12.1 Å². The van der Waals surface area contributed by atoms with Crippen LogP contribution in [-0.2, 0) is 4.79 Å². The third-order valence-electron chi connectivity index (χ3n) is 2.32. The first-order valence-corrected chi connectivity index (χ1v) is 4.49. The summed E-state index contributed by atoms with van der Waals surface area (Å²) < 4.78 is 13.0. The molecule has 1 aromatic carbocycles. The molecule has 0 amide bonds. The quantitative estimate of drug-likeness (QED) is 0.554. The van der Waals surface area contributed by atoms with Crippen LogP contribution in [0.3, 0.4) is 0 Å². The highest BCUT2D eigenvalue weighted by molar-refractivity contribution is 5.73. The van der Waals surface area contributed by atoms with Gasteiger partial charge in [0.25, 0.3) is 0 Å². The van der Waals surface area contributed by atoms with E-state index >= 15 is 0 Å². The van der Waals surface area contributed by atoms with Crippen molar-refractivity contribution in [2.75, 3.05) is 5.73 Å². The van der Waals surface area contributed by atoms with Gasteiger partial charge in [-0.1, -0.05) is 0 Å². The van der Waals surface area contributed by atoms with Gasteiger partial charge in [-0.05, 0) is 30.2 Å². The minimum Gasteiger partial charge on any atom is -0.479 e. The molecule has 1 rings (SSSR count). The number of carboxylic acids is 1. The second-order valence-corrected chi connectivity index (χ2v) is 3.44. The molecule has 0 radical (unpaired) electrons. The molecule has 0 spiro atoms. The molecule has 1 aromatic rings. The highest BCUT2D eigenvalue weighted by Gasteiger charge is 2.27. The fraction of sp³-hybridized carbons (Fsp3) is 0.300. The number of carboxylic acid groups (broad SMARTS) is 1. The third kappa shape index (κ3) is 2.29. The molecular formula is C10H12FNO4. The van der Waals surface area contributed by atoms with E-state index in [2.05, 4.69) is 0 Å². The van der Waals surface area contributed by atoms with Crippen molar-refractivity contribution in [3.8, 4) is 0 Å². The van der Waals surface area contributed by atoms with Crippen LogP contribution in [0.5, 0.6) is 0 Å². The maximum Gasteiger partial charge on any atom is 0.335 e. The maximum absolute atomic E-state index is 13.0. The molecule has 2 unspecified atom stereocenters. The Hall–Kier alpha value is -1.66. The number of anilines is 1. The molecule has 16 heavy (non-hydrogen) atoms. The number of aliphatic carboxylic acids is 1. The first-order valence-electron chi connectivity index (χ1n) is 4.49. The fourth-order valence-electron chi connectivity index (χ4n) is 1.33. The summed E-state index contributed by atoms with van der Waals surface area (Å²) in [4.78, 5) is 10.5. The van der Waals surface area contributed by atoms with Gasteiger partial charge in [0.15, 0.2) is 6.10 Å². The minimum atomic E-state index is -2.01. The molecule has 0 heterocycles. The smallest absolute Gasteiger partial charge is 0.335 e. The maximum atomic E-state index is 13.0. The van der Waals surface area contributed by atoms with Crippen molar-refractivity contribution in [3.05, 3.63) is 29.1 Å². The van der Waals surface area contributed by atoms with Crippen LogP contribution in [0.25, 0.3) is 0 Å². The Kier molecular flexibility index (Phi) is 3.46. The summed E-state index contributed by atoms with van der Waals surface area (Å²) >= 11 is 0. The highest BCUT2D eigenvalue weighted by Crippen LogP contribution is 2.26. The molecule has 0 saturated carbocycles. The minimum absolute atomic E-state index is 0.0348. The standard InChI is InChI=1S/C10H12FNO4/c1-4-6(2-5(11)3-7(4)12)8(13)9(14)10(15)16/h2-3,8-9,13-14H,12H2,1H3,(H,15,16). The molecule has 0 aromatic heterocycles. The van der Waals surface area contributed by atoms with Gasteiger partial charge in [0.05, 0.1) is 0 Å². The Bertz CT molecular complexity index is 422. The van der Waals surface area contributed by atoms with E-state index in [0.29, 0.717) is 5.56 Å². The van der Waals surface area contributed by atoms with Crippen LogP contribution < -0.4 is 5.73 Å². The van der Waals surface area contributed by atoms with Gasteiger partial charge in [0.1, 0.15) is 11.9 Å². The first-order chi connectivity index (χ1) is 7.34. The van der Waals surface area contributed by atoms with E-state index in [4.69, 9.17) is 15.9 Å². The zero-order valence-corrected chi connectivity index (χ0v) is 8.51. The summed E-state index contributed by atoms with van der Waals surface area (Å²) in [5, 5.41) is 27.2. The van der Waals surface area contributed by atoms with E-state index in [1.165, 1.54) is 6.92 Å². The molecule has 2 atom stereocenters. The average molecular weight is 229 g/mol. The number of rotatable bonds is 3. The van der Waals surface area contributed by atoms with Crippen LogP contribution in [0.4, 0.5) is 10.1 Å². The number of hydrogen-bond donors (Lipinski definition) is 4. The summed E-state index contributed by atoms with van der Waals surface area (Å²) in [7, 11) is 0. The van der Waals surface area contributed by atoms with Crippen molar-refractivity contribution in [1.82, 2.24) is 0 Å². The molecule has 0 aliphatic carbocycles. The number of benzene rings is 1. The van der Waals surface area contributed by atoms with Crippen LogP contribution in [0.1, 0.15) is 17.2 Å². The lowest BCUT2D eigenvalue weighted by atomic mass is 9.98. The zero-order valence-electron chi connectivity index (χ0n) is 8.51. The van der Waals surface area contributed by atoms with E-state index in [1.807, 2.05) is 0 Å². The van der Waals surface area contributed by atoms with Crippen LogP contribution >= 0.6 is 0 Å². The molecule has 5 N–H and O–H groups in total. The second kappa shape index (κ2) is 4.46. The highest BCUT2D eigenvalue weighted by atomic mass is 19.1. The Morgan fingerprint density at radius 2 is 2.00 bits per heavy atom. The third-order valence-corrected chi connectivity index (χ3v) is 2.32. The summed E-state index contributed by atoms with van der Waals surface area (Å²) in [6.07, 6.45) is -3.73. The Labute approximate surface area is 90.9 Å². The SMILES string of the molecule is Cc1c(N)cc(F)cc1C(O)C(O)C(=O)O. The number of carbonyl (C=O) groups is 1. The number of halogens is 1. The van der Waals surface area contributed by atoms with Gasteiger partial charge in [0, 0.05) is 5.69 Å². The van der Waals surface area contributed by atoms with E-state index in [-0.39, 0.29) is 11.3 Å². The predicted molar refractivity (Wildman–Crippen MR) is 54.2 cm³/mol. The van der Waals surface area contributed by atoms with Gasteiger partial charge in [-0.2, -0.15) is 0 Å². The monoisotopic (exact) mass is 229 g/mol. The largest absolute Gasteiger partial charge is 0.479 e. The van der Waals surface area contributed by atoms with Gasteiger partial charge in [-0.15, -0.1) is 0 Å². The van der Waals surface area contributed by atoms with E-state index in [9.17, 15) is 14.3 Å². The summed E-state index contributed by atoms with van der Waals surface area (Å²) in [6.45, 7) is 1.50. The molecule has 0 fully saturated rings. The van der Waals surface area contributed by atoms with Crippen LogP contribution in [0, 0.1) is 12.7 Å². The normalized spacial score (nSPS) is 14.5. The van der Waals surface area contributed by atoms with Gasteiger partial charge < -0.3 is 21.1 Å². The molecule has 0 saturated heterocycles. The Balaban J connectivity index is 3.17. The van der Waals surface area contributed by atoms with Gasteiger partial charge in [0.2, 0.25) is 0 Å². The molecule has 6 heteroatoms. The summed E-state index contributed by atoms with van der Waals surface area (Å²) in [6, 6.07) is 2.00. The first kappa shape index (κ1) is 12.4. The molecular weight excluding hydrogens is 217 g/mol. The number of nitrogens with two attached hydrogens (primary N) is 1. The molecule has 0 aliphatic rings. The van der Waals surface area contributed by atoms with E-state index in [0.717, 1.165) is 12.1 Å². The fourth-order valence-corrected chi connectivity index (χ4v) is 1.33. The van der Waals surface area contributed by atoms with Crippen molar-refractivity contribution < 1.29 is 24.5 Å². The average Bonchev–Trinajstić information content (AvgIpc) is 2.21. The number of hydrogen-bond acceptors (Lipinski definition) is 4. The van der Waals surface area contributed by atoms with Crippen molar-refractivity contribution in [3.63, 3.8) is 0 Å². The topological polar surface area (TPSA) is 104 Å². The zero-order chi connectivity index (χ0) is 12.5. The van der Waals surface area contributed by atoms with E-state index < -0.39 is 24.0 Å². The molecule has 88 valence electrons. The number of nitrogen functional groups attached to an aromatic ring is 1. The Morgan fingerprint density at radius 1 is 1.44 bits per heavy atom. The lowest BCUT2D eigenvalue weighted by molar-refractivity contribution is -0.153. The molecule has 0 bridgehead atoms. The van der Waals surface area contributed by atoms with Crippen LogP contribution in [-0.4, -0.2) is 27.4 Å². The van der Waals surface area contributed by atoms with Crippen molar-refractivity contribution in [1.29, 1.82) is 0 Å². The lowest BCUT2D eigenvalue weighted by Gasteiger charge is -2.17. The van der Waals surface area contributed by atoms with Crippen molar-refractivity contribution in [2.45, 2.75) is 19.1 Å². The second-order valence-electron chi connectivity index (χ2n) is 3.44. The van der Waals surface area contributed by atoms with Gasteiger partial charge >= 0.3 is 5.97 Å². The predicted octanol–water partition coefficient (Wildman–Crippen LogP) is 0.195. The van der Waals surface area contributed by atoms with Crippen molar-refractivity contribution in [2.24, 2.45) is 0 Å². The molecule has 5 nitrogen and oxygen atoms in total.